The number of hydrogen-bond donors (Lipinski definition) is 2. The number of carbonyl (C=O) groups is 1. The molecule has 30 heavy (non-hydrogen) atoms. The average molecular weight is 423 g/mol. The number of hydrogen-bond acceptors (Lipinski definition) is 6. The molecule has 0 aromatic carbocycles. The molecule has 1 saturated carbocycles. The lowest BCUT2D eigenvalue weighted by atomic mass is 9.85. The molecule has 2 N–H and O–H groups in total. The first-order chi connectivity index (χ1) is 14.4. The molecular weight excluding hydrogens is 399 g/mol. The summed E-state index contributed by atoms with van der Waals surface area (Å²) in [4.78, 5) is 14.8. The third kappa shape index (κ3) is 5.58. The van der Waals surface area contributed by atoms with Gasteiger partial charge in [0.2, 0.25) is 12.3 Å². The lowest BCUT2D eigenvalue weighted by Gasteiger charge is -2.31. The molecule has 0 bridgehead atoms. The number of alkyl halides is 3. The highest BCUT2D eigenvalue weighted by molar-refractivity contribution is 5.82. The Balaban J connectivity index is 0.000000269. The predicted octanol–water partition coefficient (Wildman–Crippen LogP) is 3.97. The van der Waals surface area contributed by atoms with Gasteiger partial charge in [-0.1, -0.05) is 6.08 Å². The largest absolute Gasteiger partial charge is 0.422 e. The first-order valence-corrected chi connectivity index (χ1v) is 9.83. The maximum Gasteiger partial charge on any atom is 0.391 e. The molecule has 1 aliphatic carbocycles. The van der Waals surface area contributed by atoms with Crippen molar-refractivity contribution in [2.24, 2.45) is 11.8 Å². The number of nitrogens with zero attached hydrogens (tertiary/aromatic N) is 3. The van der Waals surface area contributed by atoms with Crippen molar-refractivity contribution < 1.29 is 22.4 Å². The van der Waals surface area contributed by atoms with Crippen molar-refractivity contribution in [1.82, 2.24) is 20.5 Å². The molecule has 4 rings (SSSR count). The molecule has 2 aromatic rings. The van der Waals surface area contributed by atoms with Crippen molar-refractivity contribution in [1.29, 1.82) is 0 Å². The molecule has 10 heteroatoms. The third-order valence-electron chi connectivity index (χ3n) is 5.30. The Hall–Kier alpha value is -2.91. The number of pyridine rings is 1. The van der Waals surface area contributed by atoms with E-state index in [2.05, 4.69) is 32.4 Å². The van der Waals surface area contributed by atoms with Gasteiger partial charge < -0.3 is 15.1 Å². The molecule has 7 nitrogen and oxygen atoms in total. The summed E-state index contributed by atoms with van der Waals surface area (Å²) in [5, 5.41) is 13.4. The summed E-state index contributed by atoms with van der Waals surface area (Å²) >= 11 is 0. The molecule has 162 valence electrons. The van der Waals surface area contributed by atoms with Crippen molar-refractivity contribution in [3.05, 3.63) is 37.4 Å². The molecule has 1 saturated heterocycles. The van der Waals surface area contributed by atoms with E-state index >= 15 is 0 Å². The number of anilines is 1. The van der Waals surface area contributed by atoms with Crippen LogP contribution in [0.25, 0.3) is 11.6 Å². The van der Waals surface area contributed by atoms with Crippen LogP contribution in [0.1, 0.15) is 32.1 Å². The van der Waals surface area contributed by atoms with Crippen LogP contribution in [0.15, 0.2) is 41.8 Å². The van der Waals surface area contributed by atoms with Gasteiger partial charge in [0.05, 0.1) is 17.5 Å². The molecule has 2 aliphatic rings. The highest BCUT2D eigenvalue weighted by atomic mass is 19.4. The van der Waals surface area contributed by atoms with Gasteiger partial charge in [-0.25, -0.2) is 4.98 Å². The van der Waals surface area contributed by atoms with Gasteiger partial charge in [0.15, 0.2) is 5.69 Å². The van der Waals surface area contributed by atoms with Crippen LogP contribution in [0.2, 0.25) is 0 Å². The molecule has 1 atom stereocenters. The smallest absolute Gasteiger partial charge is 0.391 e. The van der Waals surface area contributed by atoms with Gasteiger partial charge in [0.1, 0.15) is 0 Å². The van der Waals surface area contributed by atoms with E-state index in [1.165, 1.54) is 6.39 Å². The van der Waals surface area contributed by atoms with Gasteiger partial charge >= 0.3 is 6.18 Å². The number of nitrogens with one attached hydrogen (secondary N) is 2. The van der Waals surface area contributed by atoms with Crippen molar-refractivity contribution >= 4 is 11.6 Å². The fourth-order valence-corrected chi connectivity index (χ4v) is 3.59. The van der Waals surface area contributed by atoms with Crippen LogP contribution in [0.4, 0.5) is 18.9 Å². The minimum absolute atomic E-state index is 0.00975. The summed E-state index contributed by atoms with van der Waals surface area (Å²) < 4.78 is 43.2. The van der Waals surface area contributed by atoms with E-state index in [0.29, 0.717) is 24.2 Å². The molecular formula is C20H24F3N5O2. The highest BCUT2D eigenvalue weighted by Gasteiger charge is 2.41. The Morgan fingerprint density at radius 1 is 1.23 bits per heavy atom. The van der Waals surface area contributed by atoms with Crippen LogP contribution < -0.4 is 10.6 Å². The first kappa shape index (κ1) is 21.8. The van der Waals surface area contributed by atoms with Gasteiger partial charge in [-0.15, -0.1) is 16.8 Å². The Kier molecular flexibility index (Phi) is 7.07. The van der Waals surface area contributed by atoms with E-state index in [1.54, 1.807) is 18.3 Å². The summed E-state index contributed by atoms with van der Waals surface area (Å²) in [6, 6.07) is 3.55. The minimum atomic E-state index is -4.09. The Morgan fingerprint density at radius 3 is 2.53 bits per heavy atom. The zero-order chi connectivity index (χ0) is 21.6. The van der Waals surface area contributed by atoms with Gasteiger partial charge in [-0.05, 0) is 44.2 Å². The second-order valence-corrected chi connectivity index (χ2v) is 7.30. The summed E-state index contributed by atoms with van der Waals surface area (Å²) in [7, 11) is 0. The Bertz CT molecular complexity index is 833. The van der Waals surface area contributed by atoms with Gasteiger partial charge in [0.25, 0.3) is 5.89 Å². The SMILES string of the molecule is C=C[C@H]1CCNC1=O.FC(F)(F)C1CCC(Nc2cccnc2-c2nnco2)CC1. The average Bonchev–Trinajstić information content (AvgIpc) is 3.40. The van der Waals surface area contributed by atoms with Crippen molar-refractivity contribution in [3.8, 4) is 11.6 Å². The zero-order valence-corrected chi connectivity index (χ0v) is 16.4. The fourth-order valence-electron chi connectivity index (χ4n) is 3.59. The normalized spacial score (nSPS) is 23.8. The molecule has 1 amide bonds. The van der Waals surface area contributed by atoms with Crippen LogP contribution in [-0.4, -0.2) is 39.9 Å². The van der Waals surface area contributed by atoms with Crippen LogP contribution in [0.5, 0.6) is 0 Å². The van der Waals surface area contributed by atoms with Crippen LogP contribution in [0.3, 0.4) is 0 Å². The monoisotopic (exact) mass is 423 g/mol. The van der Waals surface area contributed by atoms with Crippen LogP contribution in [-0.2, 0) is 4.79 Å². The Morgan fingerprint density at radius 2 is 2.00 bits per heavy atom. The first-order valence-electron chi connectivity index (χ1n) is 9.83. The lowest BCUT2D eigenvalue weighted by molar-refractivity contribution is -0.182. The molecule has 2 fully saturated rings. The maximum absolute atomic E-state index is 12.7. The van der Waals surface area contributed by atoms with Crippen molar-refractivity contribution in [2.75, 3.05) is 11.9 Å². The van der Waals surface area contributed by atoms with Gasteiger partial charge in [0, 0.05) is 18.8 Å². The minimum Gasteiger partial charge on any atom is -0.422 e. The van der Waals surface area contributed by atoms with Crippen LogP contribution in [0, 0.1) is 11.8 Å². The fraction of sp³-hybridized carbons (Fsp3) is 0.500. The quantitative estimate of drug-likeness (QED) is 0.723. The maximum atomic E-state index is 12.7. The van der Waals surface area contributed by atoms with E-state index < -0.39 is 12.1 Å². The molecule has 1 aliphatic heterocycles. The number of halogens is 3. The summed E-state index contributed by atoms with van der Waals surface area (Å²) in [5.41, 5.74) is 1.21. The van der Waals surface area contributed by atoms with E-state index in [4.69, 9.17) is 4.42 Å². The molecule has 0 unspecified atom stereocenters. The van der Waals surface area contributed by atoms with E-state index in [1.807, 2.05) is 6.07 Å². The Labute approximate surface area is 172 Å². The molecule has 0 radical (unpaired) electrons. The molecule has 2 aromatic heterocycles. The molecule has 3 heterocycles. The summed E-state index contributed by atoms with van der Waals surface area (Å²) in [6.45, 7) is 4.35. The number of rotatable bonds is 4. The summed E-state index contributed by atoms with van der Waals surface area (Å²) in [5.74, 6) is -0.697. The standard InChI is InChI=1S/C14H15F3N4O.C6H9NO/c15-14(16,17)9-3-5-10(6-4-9)20-11-2-1-7-18-12(11)13-21-19-8-22-13;1-2-5-3-4-7-6(5)8/h1-2,7-10,20H,3-6H2;2,5H,1,3-4H2,(H,7,8)/t;5-/m.0/s1. The number of carbonyl (C=O) groups excluding carboxylic acids is 1. The second kappa shape index (κ2) is 9.73. The lowest BCUT2D eigenvalue weighted by Crippen LogP contribution is -2.32. The number of aromatic nitrogens is 3. The number of amides is 1. The summed E-state index contributed by atoms with van der Waals surface area (Å²) in [6.07, 6.45) is 2.59. The third-order valence-corrected chi connectivity index (χ3v) is 5.30. The van der Waals surface area contributed by atoms with Crippen molar-refractivity contribution in [3.63, 3.8) is 0 Å². The van der Waals surface area contributed by atoms with Gasteiger partial charge in [-0.3, -0.25) is 4.79 Å². The predicted molar refractivity (Wildman–Crippen MR) is 104 cm³/mol. The topological polar surface area (TPSA) is 92.9 Å². The van der Waals surface area contributed by atoms with Gasteiger partial charge in [-0.2, -0.15) is 13.2 Å². The zero-order valence-electron chi connectivity index (χ0n) is 16.4. The van der Waals surface area contributed by atoms with E-state index in [9.17, 15) is 18.0 Å². The molecule has 0 spiro atoms. The van der Waals surface area contributed by atoms with E-state index in [-0.39, 0.29) is 36.6 Å². The highest BCUT2D eigenvalue weighted by Crippen LogP contribution is 2.38. The van der Waals surface area contributed by atoms with Crippen molar-refractivity contribution in [2.45, 2.75) is 44.3 Å². The van der Waals surface area contributed by atoms with E-state index in [0.717, 1.165) is 13.0 Å². The van der Waals surface area contributed by atoms with Crippen LogP contribution >= 0.6 is 0 Å². The second-order valence-electron chi connectivity index (χ2n) is 7.30.